The van der Waals surface area contributed by atoms with Gasteiger partial charge in [0, 0.05) is 32.7 Å². The highest BCUT2D eigenvalue weighted by molar-refractivity contribution is 6.31. The summed E-state index contributed by atoms with van der Waals surface area (Å²) in [6, 6.07) is 22.2. The van der Waals surface area contributed by atoms with Gasteiger partial charge in [-0.1, -0.05) is 71.2 Å². The highest BCUT2D eigenvalue weighted by atomic mass is 35.5. The zero-order chi connectivity index (χ0) is 21.5. The van der Waals surface area contributed by atoms with Gasteiger partial charge in [0.2, 0.25) is 0 Å². The van der Waals surface area contributed by atoms with Crippen LogP contribution in [0.3, 0.4) is 0 Å². The normalized spacial score (nSPS) is 15.4. The van der Waals surface area contributed by atoms with Crippen molar-refractivity contribution in [2.75, 3.05) is 0 Å². The Hall–Kier alpha value is -2.79. The van der Waals surface area contributed by atoms with Crippen molar-refractivity contribution in [3.63, 3.8) is 0 Å². The van der Waals surface area contributed by atoms with Crippen LogP contribution in [0.25, 0.3) is 11.3 Å². The van der Waals surface area contributed by atoms with Crippen molar-refractivity contribution in [2.24, 2.45) is 0 Å². The number of rotatable bonds is 4. The highest BCUT2D eigenvalue weighted by Crippen LogP contribution is 2.43. The molecule has 0 fully saturated rings. The first-order valence-corrected chi connectivity index (χ1v) is 10.8. The molecular weight excluding hydrogens is 453 g/mol. The van der Waals surface area contributed by atoms with E-state index in [-0.39, 0.29) is 11.9 Å². The van der Waals surface area contributed by atoms with E-state index in [0.717, 1.165) is 27.9 Å². The maximum absolute atomic E-state index is 13.4. The van der Waals surface area contributed by atoms with Crippen LogP contribution in [0.1, 0.15) is 33.2 Å². The Balaban J connectivity index is 1.63. The number of carbonyl (C=O) groups is 1. The van der Waals surface area contributed by atoms with Gasteiger partial charge in [0.25, 0.3) is 5.91 Å². The van der Waals surface area contributed by atoms with E-state index < -0.39 is 0 Å². The van der Waals surface area contributed by atoms with Crippen LogP contribution in [0.4, 0.5) is 0 Å². The fraction of sp³-hybridized carbons (Fsp3) is 0.0833. The standard InChI is InChI=1S/C24H16Cl3N3O/c25-17-7-1-14(2-8-17)13-30-23(16-5-11-19(27)12-6-16)20-21(28-29-22(20)24(30)31)15-3-9-18(26)10-4-15/h1-12,23H,13H2,(H,28,29). The zero-order valence-corrected chi connectivity index (χ0v) is 18.4. The Bertz CT molecular complexity index is 1250. The summed E-state index contributed by atoms with van der Waals surface area (Å²) >= 11 is 18.2. The lowest BCUT2D eigenvalue weighted by atomic mass is 9.96. The fourth-order valence-electron chi connectivity index (χ4n) is 3.97. The van der Waals surface area contributed by atoms with E-state index in [1.807, 2.05) is 77.7 Å². The summed E-state index contributed by atoms with van der Waals surface area (Å²) in [5, 5.41) is 9.38. The molecule has 7 heteroatoms. The van der Waals surface area contributed by atoms with Crippen LogP contribution in [-0.2, 0) is 6.54 Å². The van der Waals surface area contributed by atoms with Crippen LogP contribution >= 0.6 is 34.8 Å². The quantitative estimate of drug-likeness (QED) is 0.359. The predicted molar refractivity (Wildman–Crippen MR) is 124 cm³/mol. The van der Waals surface area contributed by atoms with Crippen molar-refractivity contribution < 1.29 is 4.79 Å². The molecule has 0 radical (unpaired) electrons. The van der Waals surface area contributed by atoms with Gasteiger partial charge in [-0.3, -0.25) is 9.89 Å². The van der Waals surface area contributed by atoms with Crippen LogP contribution in [0.5, 0.6) is 0 Å². The largest absolute Gasteiger partial charge is 0.322 e. The lowest BCUT2D eigenvalue weighted by Gasteiger charge is -2.26. The maximum atomic E-state index is 13.4. The molecule has 154 valence electrons. The van der Waals surface area contributed by atoms with Crippen molar-refractivity contribution >= 4 is 40.7 Å². The third kappa shape index (κ3) is 3.72. The number of aromatic amines is 1. The summed E-state index contributed by atoms with van der Waals surface area (Å²) in [7, 11) is 0. The smallest absolute Gasteiger partial charge is 0.273 e. The first kappa shape index (κ1) is 20.1. The average molecular weight is 469 g/mol. The second kappa shape index (κ2) is 8.04. The summed E-state index contributed by atoms with van der Waals surface area (Å²) in [5.41, 5.74) is 4.92. The number of carbonyl (C=O) groups excluding carboxylic acids is 1. The van der Waals surface area contributed by atoms with Crippen LogP contribution < -0.4 is 0 Å². The van der Waals surface area contributed by atoms with Crippen LogP contribution in [0.15, 0.2) is 72.8 Å². The molecule has 5 rings (SSSR count). The molecule has 0 bridgehead atoms. The second-order valence-corrected chi connectivity index (χ2v) is 8.69. The molecule has 1 N–H and O–H groups in total. The van der Waals surface area contributed by atoms with E-state index in [1.54, 1.807) is 0 Å². The number of amides is 1. The molecule has 1 unspecified atom stereocenters. The highest BCUT2D eigenvalue weighted by Gasteiger charge is 2.42. The molecule has 1 amide bonds. The van der Waals surface area contributed by atoms with Crippen molar-refractivity contribution in [1.82, 2.24) is 15.1 Å². The molecule has 31 heavy (non-hydrogen) atoms. The number of nitrogens with one attached hydrogen (secondary N) is 1. The van der Waals surface area contributed by atoms with Gasteiger partial charge >= 0.3 is 0 Å². The molecule has 3 aromatic carbocycles. The van der Waals surface area contributed by atoms with Crippen molar-refractivity contribution in [1.29, 1.82) is 0 Å². The lowest BCUT2D eigenvalue weighted by molar-refractivity contribution is 0.0730. The SMILES string of the molecule is O=C1c2[nH]nc(-c3ccc(Cl)cc3)c2C(c2ccc(Cl)cc2)N1Cc1ccc(Cl)cc1. The minimum absolute atomic E-state index is 0.0994. The number of benzene rings is 3. The van der Waals surface area contributed by atoms with Crippen LogP contribution in [0.2, 0.25) is 15.1 Å². The summed E-state index contributed by atoms with van der Waals surface area (Å²) in [6.07, 6.45) is 0. The topological polar surface area (TPSA) is 49.0 Å². The Morgan fingerprint density at radius 2 is 1.35 bits per heavy atom. The van der Waals surface area contributed by atoms with Gasteiger partial charge in [0.15, 0.2) is 0 Å². The zero-order valence-electron chi connectivity index (χ0n) is 16.1. The molecule has 1 aliphatic rings. The molecule has 4 aromatic rings. The van der Waals surface area contributed by atoms with E-state index in [9.17, 15) is 4.79 Å². The van der Waals surface area contributed by atoms with E-state index in [2.05, 4.69) is 10.2 Å². The molecule has 2 heterocycles. The van der Waals surface area contributed by atoms with E-state index in [1.165, 1.54) is 0 Å². The van der Waals surface area contributed by atoms with Gasteiger partial charge in [-0.05, 0) is 47.5 Å². The van der Waals surface area contributed by atoms with Gasteiger partial charge < -0.3 is 4.90 Å². The molecule has 4 nitrogen and oxygen atoms in total. The number of halogens is 3. The third-order valence-electron chi connectivity index (χ3n) is 5.43. The van der Waals surface area contributed by atoms with Gasteiger partial charge in [0.05, 0.1) is 11.7 Å². The monoisotopic (exact) mass is 467 g/mol. The molecule has 1 aromatic heterocycles. The first-order valence-electron chi connectivity index (χ1n) is 9.66. The summed E-state index contributed by atoms with van der Waals surface area (Å²) in [5.74, 6) is -0.0994. The summed E-state index contributed by atoms with van der Waals surface area (Å²) in [4.78, 5) is 15.2. The molecular formula is C24H16Cl3N3O. The second-order valence-electron chi connectivity index (χ2n) is 7.38. The van der Waals surface area contributed by atoms with Crippen molar-refractivity contribution in [3.8, 4) is 11.3 Å². The van der Waals surface area contributed by atoms with Crippen molar-refractivity contribution in [2.45, 2.75) is 12.6 Å². The summed E-state index contributed by atoms with van der Waals surface area (Å²) < 4.78 is 0. The molecule has 1 aliphatic heterocycles. The number of aromatic nitrogens is 2. The molecule has 0 saturated carbocycles. The minimum Gasteiger partial charge on any atom is -0.322 e. The molecule has 1 atom stereocenters. The molecule has 0 spiro atoms. The maximum Gasteiger partial charge on any atom is 0.273 e. The number of nitrogens with zero attached hydrogens (tertiary/aromatic N) is 2. The van der Waals surface area contributed by atoms with Crippen LogP contribution in [-0.4, -0.2) is 21.0 Å². The molecule has 0 aliphatic carbocycles. The average Bonchev–Trinajstić information content (AvgIpc) is 3.31. The fourth-order valence-corrected chi connectivity index (χ4v) is 4.34. The minimum atomic E-state index is -0.306. The van der Waals surface area contributed by atoms with Crippen molar-refractivity contribution in [3.05, 3.63) is 110 Å². The summed E-state index contributed by atoms with van der Waals surface area (Å²) in [6.45, 7) is 0.436. The number of fused-ring (bicyclic) bond motifs is 1. The van der Waals surface area contributed by atoms with Crippen LogP contribution in [0, 0.1) is 0 Å². The Morgan fingerprint density at radius 1 is 0.806 bits per heavy atom. The van der Waals surface area contributed by atoms with E-state index in [4.69, 9.17) is 34.8 Å². The van der Waals surface area contributed by atoms with E-state index in [0.29, 0.717) is 27.3 Å². The lowest BCUT2D eigenvalue weighted by Crippen LogP contribution is -2.29. The van der Waals surface area contributed by atoms with E-state index >= 15 is 0 Å². The van der Waals surface area contributed by atoms with Gasteiger partial charge in [0.1, 0.15) is 5.69 Å². The molecule has 0 saturated heterocycles. The number of H-pyrrole nitrogens is 1. The first-order chi connectivity index (χ1) is 15.0. The van der Waals surface area contributed by atoms with Gasteiger partial charge in [-0.15, -0.1) is 0 Å². The van der Waals surface area contributed by atoms with Gasteiger partial charge in [-0.25, -0.2) is 0 Å². The Morgan fingerprint density at radius 3 is 1.97 bits per heavy atom. The van der Waals surface area contributed by atoms with Gasteiger partial charge in [-0.2, -0.15) is 5.10 Å². The Kier molecular flexibility index (Phi) is 5.22. The number of hydrogen-bond acceptors (Lipinski definition) is 2. The third-order valence-corrected chi connectivity index (χ3v) is 6.19. The predicted octanol–water partition coefficient (Wildman–Crippen LogP) is 6.78. The Labute approximate surface area is 194 Å². The number of hydrogen-bond donors (Lipinski definition) is 1.